The van der Waals surface area contributed by atoms with Crippen LogP contribution in [0.15, 0.2) is 11.1 Å². The van der Waals surface area contributed by atoms with Crippen LogP contribution >= 0.6 is 0 Å². The normalized spacial score (nSPS) is 14.1. The molecule has 0 aliphatic carbocycles. The minimum absolute atomic E-state index is 0.178. The maximum absolute atomic E-state index is 11.4. The van der Waals surface area contributed by atoms with Crippen molar-refractivity contribution < 1.29 is 19.7 Å². The van der Waals surface area contributed by atoms with Crippen LogP contribution in [0.3, 0.4) is 0 Å². The predicted molar refractivity (Wildman–Crippen MR) is 61.9 cm³/mol. The summed E-state index contributed by atoms with van der Waals surface area (Å²) in [6.07, 6.45) is -0.503. The maximum Gasteiger partial charge on any atom is 0.333 e. The van der Waals surface area contributed by atoms with Gasteiger partial charge in [0.15, 0.2) is 0 Å². The van der Waals surface area contributed by atoms with Crippen molar-refractivity contribution in [2.45, 2.75) is 52.7 Å². The average molecular weight is 230 g/mol. The second kappa shape index (κ2) is 7.41. The topological polar surface area (TPSA) is 66.8 Å². The van der Waals surface area contributed by atoms with E-state index in [1.807, 2.05) is 13.8 Å². The Hall–Kier alpha value is -0.870. The Labute approximate surface area is 96.9 Å². The molecule has 2 N–H and O–H groups in total. The van der Waals surface area contributed by atoms with Gasteiger partial charge in [-0.15, -0.1) is 0 Å². The molecule has 0 fully saturated rings. The number of allylic oxidation sites excluding steroid dienone is 1. The van der Waals surface area contributed by atoms with Crippen molar-refractivity contribution in [3.8, 4) is 0 Å². The van der Waals surface area contributed by atoms with E-state index in [1.165, 1.54) is 0 Å². The Kier molecular flexibility index (Phi) is 7.01. The van der Waals surface area contributed by atoms with Crippen LogP contribution in [-0.4, -0.2) is 35.0 Å². The number of ether oxygens (including phenoxy) is 1. The summed E-state index contributed by atoms with van der Waals surface area (Å²) in [5, 5.41) is 18.4. The molecule has 0 saturated carbocycles. The molecule has 4 heteroatoms. The van der Waals surface area contributed by atoms with Crippen LogP contribution in [-0.2, 0) is 9.53 Å². The zero-order valence-corrected chi connectivity index (χ0v) is 10.5. The summed E-state index contributed by atoms with van der Waals surface area (Å²) < 4.78 is 4.98. The van der Waals surface area contributed by atoms with E-state index in [0.29, 0.717) is 18.4 Å². The van der Waals surface area contributed by atoms with Gasteiger partial charge >= 0.3 is 5.97 Å². The fourth-order valence-electron chi connectivity index (χ4n) is 1.11. The average Bonchev–Trinajstić information content (AvgIpc) is 2.14. The molecule has 0 spiro atoms. The van der Waals surface area contributed by atoms with Crippen molar-refractivity contribution in [2.75, 3.05) is 6.61 Å². The molecule has 16 heavy (non-hydrogen) atoms. The number of carbonyl (C=O) groups is 1. The Morgan fingerprint density at radius 3 is 2.25 bits per heavy atom. The van der Waals surface area contributed by atoms with Gasteiger partial charge in [-0.3, -0.25) is 0 Å². The second-order valence-electron chi connectivity index (χ2n) is 4.29. The van der Waals surface area contributed by atoms with E-state index < -0.39 is 12.2 Å². The first-order chi connectivity index (χ1) is 7.34. The molecule has 0 radical (unpaired) electrons. The van der Waals surface area contributed by atoms with Crippen molar-refractivity contribution in [3.05, 3.63) is 11.1 Å². The highest BCUT2D eigenvalue weighted by Crippen LogP contribution is 2.06. The molecule has 94 valence electrons. The van der Waals surface area contributed by atoms with Gasteiger partial charge in [0.25, 0.3) is 0 Å². The highest BCUT2D eigenvalue weighted by Gasteiger charge is 2.11. The van der Waals surface area contributed by atoms with Crippen LogP contribution in [0.1, 0.15) is 40.5 Å². The lowest BCUT2D eigenvalue weighted by atomic mass is 10.1. The molecule has 0 aromatic rings. The van der Waals surface area contributed by atoms with Crippen LogP contribution in [0.5, 0.6) is 0 Å². The number of aliphatic hydroxyl groups is 2. The first-order valence-electron chi connectivity index (χ1n) is 5.52. The molecule has 0 aliphatic rings. The highest BCUT2D eigenvalue weighted by atomic mass is 16.5. The minimum atomic E-state index is -0.625. The third-order valence-corrected chi connectivity index (χ3v) is 2.35. The van der Waals surface area contributed by atoms with Gasteiger partial charge in [0.2, 0.25) is 0 Å². The van der Waals surface area contributed by atoms with Crippen molar-refractivity contribution in [3.63, 3.8) is 0 Å². The van der Waals surface area contributed by atoms with Gasteiger partial charge in [-0.2, -0.15) is 0 Å². The molecular weight excluding hydrogens is 208 g/mol. The van der Waals surface area contributed by atoms with Crippen LogP contribution in [0.4, 0.5) is 0 Å². The summed E-state index contributed by atoms with van der Waals surface area (Å²) in [5.74, 6) is -0.343. The summed E-state index contributed by atoms with van der Waals surface area (Å²) in [7, 11) is 0. The first kappa shape index (κ1) is 15.1. The lowest BCUT2D eigenvalue weighted by Crippen LogP contribution is -2.18. The Morgan fingerprint density at radius 2 is 1.81 bits per heavy atom. The highest BCUT2D eigenvalue weighted by molar-refractivity contribution is 5.88. The zero-order chi connectivity index (χ0) is 12.7. The van der Waals surface area contributed by atoms with Gasteiger partial charge in [0.05, 0.1) is 18.8 Å². The molecule has 0 bridgehead atoms. The molecule has 0 aliphatic heterocycles. The molecule has 0 saturated heterocycles. The lowest BCUT2D eigenvalue weighted by Gasteiger charge is -2.12. The van der Waals surface area contributed by atoms with Crippen LogP contribution in [0, 0.1) is 0 Å². The molecule has 0 aromatic heterocycles. The number of aliphatic hydroxyl groups excluding tert-OH is 2. The quantitative estimate of drug-likeness (QED) is 0.535. The van der Waals surface area contributed by atoms with Gasteiger partial charge < -0.3 is 14.9 Å². The van der Waals surface area contributed by atoms with Gasteiger partial charge in [-0.25, -0.2) is 4.79 Å². The maximum atomic E-state index is 11.4. The third-order valence-electron chi connectivity index (χ3n) is 2.35. The first-order valence-corrected chi connectivity index (χ1v) is 5.52. The van der Waals surface area contributed by atoms with Gasteiger partial charge in [0.1, 0.15) is 0 Å². The van der Waals surface area contributed by atoms with Gasteiger partial charge in [-0.05, 0) is 34.1 Å². The third kappa shape index (κ3) is 6.58. The van der Waals surface area contributed by atoms with E-state index in [4.69, 9.17) is 9.84 Å². The van der Waals surface area contributed by atoms with E-state index in [1.54, 1.807) is 13.8 Å². The largest absolute Gasteiger partial charge is 0.462 e. The van der Waals surface area contributed by atoms with Gasteiger partial charge in [0, 0.05) is 12.0 Å². The second-order valence-corrected chi connectivity index (χ2v) is 4.29. The molecular formula is C12H22O4. The number of hydrogen-bond donors (Lipinski definition) is 2. The summed E-state index contributed by atoms with van der Waals surface area (Å²) in [6, 6.07) is 0. The number of carbonyl (C=O) groups excluding carboxylic acids is 1. The Morgan fingerprint density at radius 1 is 1.25 bits per heavy atom. The van der Waals surface area contributed by atoms with Crippen LogP contribution in [0.2, 0.25) is 0 Å². The van der Waals surface area contributed by atoms with Crippen molar-refractivity contribution >= 4 is 5.97 Å². The van der Waals surface area contributed by atoms with E-state index >= 15 is 0 Å². The molecule has 0 aromatic carbocycles. The SMILES string of the molecule is CC(C)=C(C)C(=O)OCCC(O)CC(C)O. The standard InChI is InChI=1S/C12H22O4/c1-8(2)10(4)12(15)16-6-5-11(14)7-9(3)13/h9,11,13-14H,5-7H2,1-4H3. The fraction of sp³-hybridized carbons (Fsp3) is 0.750. The van der Waals surface area contributed by atoms with E-state index in [9.17, 15) is 9.90 Å². The van der Waals surface area contributed by atoms with Crippen molar-refractivity contribution in [1.82, 2.24) is 0 Å². The lowest BCUT2D eigenvalue weighted by molar-refractivity contribution is -0.139. The van der Waals surface area contributed by atoms with Crippen LogP contribution < -0.4 is 0 Å². The minimum Gasteiger partial charge on any atom is -0.462 e. The van der Waals surface area contributed by atoms with E-state index in [2.05, 4.69) is 0 Å². The molecule has 0 heterocycles. The number of hydrogen-bond acceptors (Lipinski definition) is 4. The fourth-order valence-corrected chi connectivity index (χ4v) is 1.11. The monoisotopic (exact) mass is 230 g/mol. The van der Waals surface area contributed by atoms with E-state index in [-0.39, 0.29) is 12.6 Å². The van der Waals surface area contributed by atoms with E-state index in [0.717, 1.165) is 5.57 Å². The molecule has 0 rings (SSSR count). The summed E-state index contributed by atoms with van der Waals surface area (Å²) >= 11 is 0. The Balaban J connectivity index is 3.83. The predicted octanol–water partition coefficient (Wildman–Crippen LogP) is 1.41. The number of esters is 1. The van der Waals surface area contributed by atoms with Crippen molar-refractivity contribution in [1.29, 1.82) is 0 Å². The molecule has 2 atom stereocenters. The molecule has 0 amide bonds. The zero-order valence-electron chi connectivity index (χ0n) is 10.5. The smallest absolute Gasteiger partial charge is 0.333 e. The van der Waals surface area contributed by atoms with Crippen LogP contribution in [0.25, 0.3) is 0 Å². The Bertz CT molecular complexity index is 252. The molecule has 2 unspecified atom stereocenters. The van der Waals surface area contributed by atoms with Gasteiger partial charge in [-0.1, -0.05) is 5.57 Å². The summed E-state index contributed by atoms with van der Waals surface area (Å²) in [4.78, 5) is 11.4. The summed E-state index contributed by atoms with van der Waals surface area (Å²) in [6.45, 7) is 7.20. The van der Waals surface area contributed by atoms with Crippen molar-refractivity contribution in [2.24, 2.45) is 0 Å². The molecule has 4 nitrogen and oxygen atoms in total. The number of rotatable bonds is 6. The summed E-state index contributed by atoms with van der Waals surface area (Å²) in [5.41, 5.74) is 1.53.